The number of nitrogens with zero attached hydrogens (tertiary/aromatic N) is 1. The van der Waals surface area contributed by atoms with E-state index in [2.05, 4.69) is 51.6 Å². The van der Waals surface area contributed by atoms with Gasteiger partial charge in [0.2, 0.25) is 0 Å². The van der Waals surface area contributed by atoms with Gasteiger partial charge in [-0.2, -0.15) is 0 Å². The molecule has 0 spiro atoms. The van der Waals surface area contributed by atoms with Gasteiger partial charge in [-0.05, 0) is 133 Å². The molecule has 1 aromatic rings. The van der Waals surface area contributed by atoms with Gasteiger partial charge < -0.3 is 15.3 Å². The topological polar surface area (TPSA) is 64.6 Å². The molecule has 40 heavy (non-hydrogen) atoms. The minimum atomic E-state index is -0.178. The van der Waals surface area contributed by atoms with Gasteiger partial charge >= 0.3 is 0 Å². The number of aliphatic hydroxyl groups excluding tert-OH is 3. The van der Waals surface area contributed by atoms with Crippen LogP contribution in [0.3, 0.4) is 0 Å². The van der Waals surface area contributed by atoms with Gasteiger partial charge in [0, 0.05) is 18.2 Å². The molecule has 2 unspecified atom stereocenters. The molecule has 5 aliphatic carbocycles. The molecule has 10 atom stereocenters. The lowest BCUT2D eigenvalue weighted by Crippen LogP contribution is -2.66. The van der Waals surface area contributed by atoms with Crippen molar-refractivity contribution in [2.75, 3.05) is 6.61 Å². The van der Waals surface area contributed by atoms with Crippen LogP contribution in [0.1, 0.15) is 104 Å². The van der Waals surface area contributed by atoms with Crippen LogP contribution in [0.2, 0.25) is 0 Å². The second-order valence-corrected chi connectivity index (χ2v) is 16.4. The van der Waals surface area contributed by atoms with Crippen LogP contribution in [0.4, 0.5) is 0 Å². The maximum absolute atomic E-state index is 11.0. The van der Waals surface area contributed by atoms with Crippen molar-refractivity contribution in [2.24, 2.45) is 56.7 Å². The summed E-state index contributed by atoms with van der Waals surface area (Å²) in [6, 6.07) is 3.99. The highest BCUT2D eigenvalue weighted by Gasteiger charge is 2.70. The van der Waals surface area contributed by atoms with E-state index in [4.69, 9.17) is 6.58 Å². The van der Waals surface area contributed by atoms with Crippen LogP contribution in [0, 0.1) is 56.7 Å². The highest BCUT2D eigenvalue weighted by Crippen LogP contribution is 2.77. The van der Waals surface area contributed by atoms with Gasteiger partial charge in [0.25, 0.3) is 0 Å². The minimum Gasteiger partial charge on any atom is -0.396 e. The van der Waals surface area contributed by atoms with Gasteiger partial charge in [-0.15, -0.1) is 0 Å². The van der Waals surface area contributed by atoms with Crippen LogP contribution < -0.4 is 4.57 Å². The molecule has 4 heteroatoms. The fraction of sp³-hybridized carbons (Fsp3) is 0.806. The van der Waals surface area contributed by atoms with Crippen LogP contribution in [0.5, 0.6) is 0 Å². The average Bonchev–Trinajstić information content (AvgIpc) is 3.32. The molecule has 3 N–H and O–H groups in total. The number of rotatable bonds is 5. The van der Waals surface area contributed by atoms with Crippen molar-refractivity contribution in [3.63, 3.8) is 0 Å². The Kier molecular flexibility index (Phi) is 6.96. The maximum Gasteiger partial charge on any atom is 0.174 e. The quantitative estimate of drug-likeness (QED) is 0.291. The fourth-order valence-corrected chi connectivity index (χ4v) is 12.6. The molecule has 222 valence electrons. The van der Waals surface area contributed by atoms with E-state index in [0.717, 1.165) is 44.2 Å². The third kappa shape index (κ3) is 3.83. The summed E-state index contributed by atoms with van der Waals surface area (Å²) in [7, 11) is 0. The monoisotopic (exact) mass is 550 g/mol. The number of aliphatic hydroxyl groups is 3. The molecule has 4 nitrogen and oxygen atoms in total. The van der Waals surface area contributed by atoms with Crippen LogP contribution >= 0.6 is 0 Å². The third-order valence-electron chi connectivity index (χ3n) is 14.9. The predicted octanol–water partition coefficient (Wildman–Crippen LogP) is 6.46. The van der Waals surface area contributed by atoms with Crippen molar-refractivity contribution >= 4 is 0 Å². The molecule has 1 heterocycles. The van der Waals surface area contributed by atoms with E-state index in [0.29, 0.717) is 47.0 Å². The van der Waals surface area contributed by atoms with Crippen LogP contribution in [-0.4, -0.2) is 28.0 Å². The van der Waals surface area contributed by atoms with E-state index in [9.17, 15) is 15.3 Å². The lowest BCUT2D eigenvalue weighted by atomic mass is 9.32. The summed E-state index contributed by atoms with van der Waals surface area (Å²) in [5, 5.41) is 31.6. The number of aromatic nitrogens is 1. The number of hydrogen-bond acceptors (Lipinski definition) is 3. The first kappa shape index (κ1) is 28.9. The Morgan fingerprint density at radius 3 is 2.40 bits per heavy atom. The summed E-state index contributed by atoms with van der Waals surface area (Å²) in [6.45, 7) is 18.5. The number of pyridine rings is 1. The molecule has 0 amide bonds. The predicted molar refractivity (Wildman–Crippen MR) is 159 cm³/mol. The lowest BCUT2D eigenvalue weighted by Gasteiger charge is -2.73. The molecule has 5 fully saturated rings. The molecule has 5 saturated carbocycles. The van der Waals surface area contributed by atoms with Gasteiger partial charge in [0.05, 0.1) is 12.7 Å². The maximum atomic E-state index is 11.0. The van der Waals surface area contributed by atoms with Gasteiger partial charge in [-0.1, -0.05) is 41.2 Å². The Hall–Kier alpha value is -1.23. The van der Waals surface area contributed by atoms with Gasteiger partial charge in [-0.25, -0.2) is 4.57 Å². The van der Waals surface area contributed by atoms with E-state index in [1.807, 2.05) is 12.1 Å². The van der Waals surface area contributed by atoms with Crippen molar-refractivity contribution in [1.29, 1.82) is 0 Å². The molecule has 0 bridgehead atoms. The molecule has 0 aromatic carbocycles. The Bertz CT molecular complexity index is 1150. The van der Waals surface area contributed by atoms with Gasteiger partial charge in [0.1, 0.15) is 0 Å². The zero-order chi connectivity index (χ0) is 28.7. The first-order chi connectivity index (χ1) is 18.9. The number of allylic oxidation sites excluding steroid dienone is 1. The molecular formula is C36H56NO3+. The van der Waals surface area contributed by atoms with Crippen molar-refractivity contribution in [2.45, 2.75) is 118 Å². The summed E-state index contributed by atoms with van der Waals surface area (Å²) in [5.74, 6) is 2.85. The van der Waals surface area contributed by atoms with Crippen LogP contribution in [0.25, 0.3) is 0 Å². The third-order valence-corrected chi connectivity index (χ3v) is 14.9. The van der Waals surface area contributed by atoms with Crippen LogP contribution in [-0.2, 0) is 13.2 Å². The zero-order valence-corrected chi connectivity index (χ0v) is 26.0. The van der Waals surface area contributed by atoms with E-state index >= 15 is 0 Å². The molecule has 1 aromatic heterocycles. The van der Waals surface area contributed by atoms with Crippen molar-refractivity contribution in [3.8, 4) is 0 Å². The standard InChI is InChI=1S/C36H56NO3/c1-24(20-37-19-7-8-25(21-37)22-38)26-11-16-36(23-39)18-17-34(5)27(31(26)36)9-10-29-33(4)14-13-30(40)32(2,3)28(33)12-15-35(29,34)6/h7-8,19,21,26-31,38-40H,1,9-18,20,22-23H2,2-6H3/q+1/t26-,27+,28-,29?,30?,31+,33-,34+,35+,36+/m0/s1. The summed E-state index contributed by atoms with van der Waals surface area (Å²) >= 11 is 0. The Balaban J connectivity index is 1.33. The first-order valence-corrected chi connectivity index (χ1v) is 16.4. The smallest absolute Gasteiger partial charge is 0.174 e. The Morgan fingerprint density at radius 1 is 0.900 bits per heavy atom. The summed E-state index contributed by atoms with van der Waals surface area (Å²) < 4.78 is 2.19. The highest BCUT2D eigenvalue weighted by molar-refractivity contribution is 5.22. The van der Waals surface area contributed by atoms with Gasteiger partial charge in [-0.3, -0.25) is 0 Å². The van der Waals surface area contributed by atoms with Crippen LogP contribution in [0.15, 0.2) is 36.7 Å². The van der Waals surface area contributed by atoms with E-state index < -0.39 is 0 Å². The summed E-state index contributed by atoms with van der Waals surface area (Å²) in [4.78, 5) is 0. The van der Waals surface area contributed by atoms with Crippen molar-refractivity contribution in [1.82, 2.24) is 0 Å². The minimum absolute atomic E-state index is 0.00994. The fourth-order valence-electron chi connectivity index (χ4n) is 12.6. The average molecular weight is 551 g/mol. The lowest BCUT2D eigenvalue weighted by molar-refractivity contribution is -0.690. The van der Waals surface area contributed by atoms with E-state index in [-0.39, 0.29) is 29.0 Å². The number of fused-ring (bicyclic) bond motifs is 7. The second kappa shape index (κ2) is 9.64. The Morgan fingerprint density at radius 2 is 1.68 bits per heavy atom. The van der Waals surface area contributed by atoms with Crippen molar-refractivity contribution < 1.29 is 19.9 Å². The second-order valence-electron chi connectivity index (χ2n) is 16.4. The molecular weight excluding hydrogens is 494 g/mol. The number of hydrogen-bond donors (Lipinski definition) is 3. The molecule has 6 rings (SSSR count). The van der Waals surface area contributed by atoms with E-state index in [1.54, 1.807) is 0 Å². The van der Waals surface area contributed by atoms with Gasteiger partial charge in [0.15, 0.2) is 18.9 Å². The highest BCUT2D eigenvalue weighted by atomic mass is 16.3. The largest absolute Gasteiger partial charge is 0.396 e. The van der Waals surface area contributed by atoms with E-state index in [1.165, 1.54) is 37.7 Å². The normalized spacial score (nSPS) is 47.5. The molecule has 0 radical (unpaired) electrons. The summed E-state index contributed by atoms with van der Waals surface area (Å²) in [6.07, 6.45) is 15.8. The zero-order valence-electron chi connectivity index (χ0n) is 26.0. The first-order valence-electron chi connectivity index (χ1n) is 16.4. The SMILES string of the molecule is C=C(C[n+]1cccc(CO)c1)[C@@H]1CC[C@]2(CO)CC[C@]3(C)[C@H](CCC4[C@@]5(C)CCC(O)C(C)(C)[C@@H]5CC[C@]43C)[C@@H]12. The summed E-state index contributed by atoms with van der Waals surface area (Å²) in [5.41, 5.74) is 3.12. The molecule has 0 saturated heterocycles. The molecule has 5 aliphatic rings. The Labute approximate surface area is 243 Å². The molecule has 0 aliphatic heterocycles. The van der Waals surface area contributed by atoms with Crippen molar-refractivity contribution in [3.05, 3.63) is 42.2 Å².